The molecule has 0 aliphatic heterocycles. The molecule has 0 bridgehead atoms. The molecule has 0 aliphatic carbocycles. The van der Waals surface area contributed by atoms with Gasteiger partial charge in [0.1, 0.15) is 5.75 Å². The number of carbonyl (C=O) groups is 2. The Morgan fingerprint density at radius 1 is 0.783 bits per heavy atom. The summed E-state index contributed by atoms with van der Waals surface area (Å²) in [6, 6.07) is 18.1. The molecular formula is C20H16O3. The number of ketones is 1. The van der Waals surface area contributed by atoms with Crippen molar-refractivity contribution < 1.29 is 14.3 Å². The van der Waals surface area contributed by atoms with Crippen LogP contribution < -0.4 is 4.74 Å². The molecule has 0 N–H and O–H groups in total. The highest BCUT2D eigenvalue weighted by Gasteiger charge is 2.09. The number of hydrogen-bond acceptors (Lipinski definition) is 3. The largest absolute Gasteiger partial charge is 0.423 e. The zero-order valence-corrected chi connectivity index (χ0v) is 13.0. The van der Waals surface area contributed by atoms with Crippen molar-refractivity contribution in [2.24, 2.45) is 0 Å². The third-order valence-electron chi connectivity index (χ3n) is 3.72. The molecule has 0 saturated carbocycles. The number of benzene rings is 3. The molecule has 3 aromatic rings. The van der Waals surface area contributed by atoms with E-state index in [9.17, 15) is 9.59 Å². The predicted molar refractivity (Wildman–Crippen MR) is 90.1 cm³/mol. The van der Waals surface area contributed by atoms with Crippen molar-refractivity contribution in [1.29, 1.82) is 0 Å². The topological polar surface area (TPSA) is 43.4 Å². The third-order valence-corrected chi connectivity index (χ3v) is 3.72. The van der Waals surface area contributed by atoms with Crippen LogP contribution in [-0.2, 0) is 0 Å². The fraction of sp³-hybridized carbons (Fsp3) is 0.100. The summed E-state index contributed by atoms with van der Waals surface area (Å²) in [6.07, 6.45) is 0. The molecule has 3 nitrogen and oxygen atoms in total. The van der Waals surface area contributed by atoms with Crippen LogP contribution in [-0.4, -0.2) is 11.8 Å². The molecule has 3 heteroatoms. The zero-order chi connectivity index (χ0) is 16.4. The molecule has 23 heavy (non-hydrogen) atoms. The molecule has 0 fully saturated rings. The van der Waals surface area contributed by atoms with Gasteiger partial charge in [0.15, 0.2) is 5.78 Å². The molecule has 0 spiro atoms. The molecule has 114 valence electrons. The van der Waals surface area contributed by atoms with Crippen LogP contribution in [0.5, 0.6) is 5.75 Å². The number of rotatable bonds is 3. The van der Waals surface area contributed by atoms with Crippen LogP contribution in [0, 0.1) is 6.92 Å². The molecule has 3 rings (SSSR count). The van der Waals surface area contributed by atoms with Gasteiger partial charge in [0.2, 0.25) is 0 Å². The van der Waals surface area contributed by atoms with E-state index in [-0.39, 0.29) is 11.8 Å². The zero-order valence-electron chi connectivity index (χ0n) is 13.0. The molecule has 0 saturated heterocycles. The Kier molecular flexibility index (Phi) is 3.94. The Hall–Kier alpha value is -2.94. The summed E-state index contributed by atoms with van der Waals surface area (Å²) in [7, 11) is 0. The Morgan fingerprint density at radius 3 is 2.09 bits per heavy atom. The van der Waals surface area contributed by atoms with Gasteiger partial charge in [-0.2, -0.15) is 0 Å². The van der Waals surface area contributed by atoms with E-state index >= 15 is 0 Å². The van der Waals surface area contributed by atoms with Gasteiger partial charge in [-0.05, 0) is 55.0 Å². The van der Waals surface area contributed by atoms with Gasteiger partial charge in [0.25, 0.3) is 0 Å². The Bertz CT molecular complexity index is 892. The summed E-state index contributed by atoms with van der Waals surface area (Å²) < 4.78 is 5.42. The van der Waals surface area contributed by atoms with Crippen molar-refractivity contribution in [2.75, 3.05) is 0 Å². The van der Waals surface area contributed by atoms with E-state index in [1.54, 1.807) is 37.3 Å². The van der Waals surface area contributed by atoms with Gasteiger partial charge in [-0.1, -0.05) is 35.9 Å². The van der Waals surface area contributed by atoms with Gasteiger partial charge < -0.3 is 4.74 Å². The van der Waals surface area contributed by atoms with Gasteiger partial charge in [-0.3, -0.25) is 4.79 Å². The van der Waals surface area contributed by atoms with Gasteiger partial charge in [-0.15, -0.1) is 0 Å². The van der Waals surface area contributed by atoms with Crippen LogP contribution in [0.25, 0.3) is 10.8 Å². The van der Waals surface area contributed by atoms with E-state index in [1.165, 1.54) is 0 Å². The second kappa shape index (κ2) is 6.05. The summed E-state index contributed by atoms with van der Waals surface area (Å²) in [5, 5.41) is 1.86. The maximum absolute atomic E-state index is 12.1. The van der Waals surface area contributed by atoms with Crippen molar-refractivity contribution in [3.8, 4) is 5.75 Å². The number of esters is 1. The van der Waals surface area contributed by atoms with Gasteiger partial charge in [0.05, 0.1) is 5.56 Å². The quantitative estimate of drug-likeness (QED) is 0.404. The molecule has 0 radical (unpaired) electrons. The second-order valence-corrected chi connectivity index (χ2v) is 5.54. The highest BCUT2D eigenvalue weighted by atomic mass is 16.5. The molecule has 0 atom stereocenters. The number of hydrogen-bond donors (Lipinski definition) is 0. The van der Waals surface area contributed by atoms with Crippen LogP contribution in [0.15, 0.2) is 60.7 Å². The van der Waals surface area contributed by atoms with E-state index in [0.717, 1.165) is 16.3 Å². The minimum absolute atomic E-state index is 0.0294. The average molecular weight is 304 g/mol. The fourth-order valence-corrected chi connectivity index (χ4v) is 2.36. The summed E-state index contributed by atoms with van der Waals surface area (Å²) in [5.74, 6) is 0.130. The van der Waals surface area contributed by atoms with Crippen LogP contribution in [0.4, 0.5) is 0 Å². The van der Waals surface area contributed by atoms with E-state index in [0.29, 0.717) is 16.9 Å². The summed E-state index contributed by atoms with van der Waals surface area (Å²) >= 11 is 0. The minimum Gasteiger partial charge on any atom is -0.423 e. The molecule has 0 aromatic heterocycles. The maximum atomic E-state index is 12.1. The first-order chi connectivity index (χ1) is 11.0. The van der Waals surface area contributed by atoms with Gasteiger partial charge in [0, 0.05) is 5.56 Å². The lowest BCUT2D eigenvalue weighted by Crippen LogP contribution is -2.08. The molecule has 0 unspecified atom stereocenters. The van der Waals surface area contributed by atoms with Crippen molar-refractivity contribution in [3.05, 3.63) is 77.4 Å². The Labute approximate surface area is 134 Å². The second-order valence-electron chi connectivity index (χ2n) is 5.54. The van der Waals surface area contributed by atoms with Crippen LogP contribution in [0.1, 0.15) is 33.2 Å². The van der Waals surface area contributed by atoms with Crippen molar-refractivity contribution in [1.82, 2.24) is 0 Å². The molecule has 0 heterocycles. The van der Waals surface area contributed by atoms with E-state index in [1.807, 2.05) is 37.3 Å². The lowest BCUT2D eigenvalue weighted by Gasteiger charge is -2.07. The molecule has 3 aromatic carbocycles. The minimum atomic E-state index is -0.385. The summed E-state index contributed by atoms with van der Waals surface area (Å²) in [6.45, 7) is 3.51. The number of fused-ring (bicyclic) bond motifs is 1. The smallest absolute Gasteiger partial charge is 0.343 e. The van der Waals surface area contributed by atoms with Crippen LogP contribution in [0.2, 0.25) is 0 Å². The molecular weight excluding hydrogens is 288 g/mol. The van der Waals surface area contributed by atoms with E-state index in [4.69, 9.17) is 4.74 Å². The fourth-order valence-electron chi connectivity index (χ4n) is 2.36. The summed E-state index contributed by atoms with van der Waals surface area (Å²) in [4.78, 5) is 23.6. The number of Topliss-reactive ketones (excluding diaryl/α,β-unsaturated/α-hetero) is 1. The maximum Gasteiger partial charge on any atom is 0.343 e. The van der Waals surface area contributed by atoms with Crippen LogP contribution in [0.3, 0.4) is 0 Å². The SMILES string of the molecule is CC(=O)c1ccc2cc(OC(=O)c3ccc(C)cc3)ccc2c1. The van der Waals surface area contributed by atoms with E-state index < -0.39 is 0 Å². The first kappa shape index (κ1) is 15.0. The lowest BCUT2D eigenvalue weighted by molar-refractivity contribution is 0.0735. The first-order valence-electron chi connectivity index (χ1n) is 7.36. The Morgan fingerprint density at radius 2 is 1.39 bits per heavy atom. The monoisotopic (exact) mass is 304 g/mol. The van der Waals surface area contributed by atoms with E-state index in [2.05, 4.69) is 0 Å². The number of ether oxygens (including phenoxy) is 1. The normalized spacial score (nSPS) is 10.5. The highest BCUT2D eigenvalue weighted by molar-refractivity contribution is 5.99. The molecule has 0 aliphatic rings. The standard InChI is InChI=1S/C20H16O3/c1-13-3-5-15(6-4-13)20(22)23-19-10-9-17-11-16(14(2)21)7-8-18(17)12-19/h3-12H,1-2H3. The van der Waals surface area contributed by atoms with Gasteiger partial charge >= 0.3 is 5.97 Å². The predicted octanol–water partition coefficient (Wildman–Crippen LogP) is 4.57. The van der Waals surface area contributed by atoms with Crippen molar-refractivity contribution >= 4 is 22.5 Å². The van der Waals surface area contributed by atoms with Crippen molar-refractivity contribution in [3.63, 3.8) is 0 Å². The Balaban J connectivity index is 1.86. The lowest BCUT2D eigenvalue weighted by atomic mass is 10.0. The number of carbonyl (C=O) groups excluding carboxylic acids is 2. The third kappa shape index (κ3) is 3.29. The van der Waals surface area contributed by atoms with Crippen LogP contribution >= 0.6 is 0 Å². The first-order valence-corrected chi connectivity index (χ1v) is 7.36. The molecule has 0 amide bonds. The number of aryl methyl sites for hydroxylation is 1. The highest BCUT2D eigenvalue weighted by Crippen LogP contribution is 2.23. The van der Waals surface area contributed by atoms with Gasteiger partial charge in [-0.25, -0.2) is 4.79 Å². The van der Waals surface area contributed by atoms with Crippen molar-refractivity contribution in [2.45, 2.75) is 13.8 Å². The summed E-state index contributed by atoms with van der Waals surface area (Å²) in [5.41, 5.74) is 2.28. The average Bonchev–Trinajstić information content (AvgIpc) is 2.54.